The maximum atomic E-state index is 10.2. The van der Waals surface area contributed by atoms with Crippen LogP contribution in [0.1, 0.15) is 51.9 Å². The third-order valence-electron chi connectivity index (χ3n) is 2.36. The van der Waals surface area contributed by atoms with Crippen LogP contribution in [-0.4, -0.2) is 22.3 Å². The Kier molecular flexibility index (Phi) is 10.7. The van der Waals surface area contributed by atoms with E-state index in [9.17, 15) is 4.79 Å². The Bertz CT molecular complexity index is 242. The fourth-order valence-corrected chi connectivity index (χ4v) is 1.41. The highest BCUT2D eigenvalue weighted by atomic mass is 16.4. The molecule has 0 bridgehead atoms. The lowest BCUT2D eigenvalue weighted by atomic mass is 10.1. The summed E-state index contributed by atoms with van der Waals surface area (Å²) in [7, 11) is 0. The van der Waals surface area contributed by atoms with Crippen LogP contribution in [0.15, 0.2) is 24.3 Å². The molecule has 0 aromatic rings. The molecule has 0 spiro atoms. The highest BCUT2D eigenvalue weighted by Gasteiger charge is 1.93. The minimum atomic E-state index is -0.726. The van der Waals surface area contributed by atoms with Crippen molar-refractivity contribution in [3.63, 3.8) is 0 Å². The second-order valence-corrected chi connectivity index (χ2v) is 4.24. The molecule has 0 aliphatic heterocycles. The maximum Gasteiger partial charge on any atom is 0.303 e. The SMILES string of the molecule is CC(O)CCC/C=C/C/C=C/CCCC(=O)O. The van der Waals surface area contributed by atoms with Gasteiger partial charge in [-0.3, -0.25) is 4.79 Å². The van der Waals surface area contributed by atoms with Gasteiger partial charge in [0.1, 0.15) is 0 Å². The number of unbranched alkanes of at least 4 members (excludes halogenated alkanes) is 2. The van der Waals surface area contributed by atoms with Crippen LogP contribution >= 0.6 is 0 Å². The molecule has 98 valence electrons. The van der Waals surface area contributed by atoms with Gasteiger partial charge in [0.05, 0.1) is 6.10 Å². The molecular formula is C14H24O3. The number of allylic oxidation sites excluding steroid dienone is 4. The van der Waals surface area contributed by atoms with Crippen molar-refractivity contribution in [3.8, 4) is 0 Å². The number of hydrogen-bond donors (Lipinski definition) is 2. The van der Waals surface area contributed by atoms with Gasteiger partial charge in [0.15, 0.2) is 0 Å². The van der Waals surface area contributed by atoms with E-state index in [1.807, 2.05) is 13.0 Å². The van der Waals surface area contributed by atoms with Crippen LogP contribution in [0.4, 0.5) is 0 Å². The van der Waals surface area contributed by atoms with Gasteiger partial charge < -0.3 is 10.2 Å². The Hall–Kier alpha value is -1.09. The molecule has 0 aromatic heterocycles. The summed E-state index contributed by atoms with van der Waals surface area (Å²) in [6.45, 7) is 1.81. The second-order valence-electron chi connectivity index (χ2n) is 4.24. The topological polar surface area (TPSA) is 57.5 Å². The van der Waals surface area contributed by atoms with Crippen LogP contribution in [0.3, 0.4) is 0 Å². The van der Waals surface area contributed by atoms with Crippen LogP contribution in [0.25, 0.3) is 0 Å². The van der Waals surface area contributed by atoms with E-state index in [-0.39, 0.29) is 12.5 Å². The van der Waals surface area contributed by atoms with Gasteiger partial charge in [0, 0.05) is 6.42 Å². The normalized spacial score (nSPS) is 13.5. The zero-order valence-corrected chi connectivity index (χ0v) is 10.6. The second kappa shape index (κ2) is 11.4. The van der Waals surface area contributed by atoms with Crippen molar-refractivity contribution in [1.29, 1.82) is 0 Å². The molecule has 17 heavy (non-hydrogen) atoms. The Morgan fingerprint density at radius 1 is 1.12 bits per heavy atom. The van der Waals surface area contributed by atoms with Gasteiger partial charge in [0.25, 0.3) is 0 Å². The van der Waals surface area contributed by atoms with Crippen LogP contribution in [0, 0.1) is 0 Å². The average molecular weight is 240 g/mol. The van der Waals surface area contributed by atoms with Gasteiger partial charge in [0.2, 0.25) is 0 Å². The predicted molar refractivity (Wildman–Crippen MR) is 69.9 cm³/mol. The summed E-state index contributed by atoms with van der Waals surface area (Å²) in [5, 5.41) is 17.5. The molecule has 0 heterocycles. The number of aliphatic carboxylic acids is 1. The molecule has 0 saturated carbocycles. The van der Waals surface area contributed by atoms with Crippen LogP contribution < -0.4 is 0 Å². The number of carbonyl (C=O) groups is 1. The number of rotatable bonds is 10. The Labute approximate surface area is 104 Å². The molecule has 1 unspecified atom stereocenters. The Morgan fingerprint density at radius 2 is 1.71 bits per heavy atom. The molecule has 0 fully saturated rings. The first kappa shape index (κ1) is 15.9. The molecule has 0 amide bonds. The monoisotopic (exact) mass is 240 g/mol. The van der Waals surface area contributed by atoms with Gasteiger partial charge in [-0.2, -0.15) is 0 Å². The first-order chi connectivity index (χ1) is 8.13. The predicted octanol–water partition coefficient (Wildman–Crippen LogP) is 3.29. The summed E-state index contributed by atoms with van der Waals surface area (Å²) in [4.78, 5) is 10.2. The minimum absolute atomic E-state index is 0.197. The van der Waals surface area contributed by atoms with E-state index in [0.29, 0.717) is 6.42 Å². The lowest BCUT2D eigenvalue weighted by Crippen LogP contribution is -1.97. The first-order valence-electron chi connectivity index (χ1n) is 6.32. The fraction of sp³-hybridized carbons (Fsp3) is 0.643. The zero-order valence-electron chi connectivity index (χ0n) is 10.6. The van der Waals surface area contributed by atoms with E-state index in [1.165, 1.54) is 0 Å². The summed E-state index contributed by atoms with van der Waals surface area (Å²) in [5.41, 5.74) is 0. The van der Waals surface area contributed by atoms with Gasteiger partial charge in [-0.15, -0.1) is 0 Å². The van der Waals surface area contributed by atoms with Crippen LogP contribution in [0.5, 0.6) is 0 Å². The Morgan fingerprint density at radius 3 is 2.24 bits per heavy atom. The smallest absolute Gasteiger partial charge is 0.303 e. The molecule has 3 heteroatoms. The largest absolute Gasteiger partial charge is 0.481 e. The van der Waals surface area contributed by atoms with Crippen molar-refractivity contribution in [3.05, 3.63) is 24.3 Å². The molecule has 3 nitrogen and oxygen atoms in total. The number of carboxylic acids is 1. The number of aliphatic hydroxyl groups excluding tert-OH is 1. The van der Waals surface area contributed by atoms with Gasteiger partial charge in [-0.25, -0.2) is 0 Å². The molecule has 0 aliphatic carbocycles. The Balaban J connectivity index is 3.28. The van der Waals surface area contributed by atoms with E-state index in [2.05, 4.69) is 18.2 Å². The number of aliphatic hydroxyl groups is 1. The summed E-state index contributed by atoms with van der Waals surface area (Å²) in [6, 6.07) is 0. The van der Waals surface area contributed by atoms with Crippen LogP contribution in [-0.2, 0) is 4.79 Å². The van der Waals surface area contributed by atoms with Crippen molar-refractivity contribution >= 4 is 5.97 Å². The van der Waals surface area contributed by atoms with E-state index in [1.54, 1.807) is 0 Å². The molecular weight excluding hydrogens is 216 g/mol. The summed E-state index contributed by atoms with van der Waals surface area (Å²) in [5.74, 6) is -0.726. The average Bonchev–Trinajstić information content (AvgIpc) is 2.25. The number of hydrogen-bond acceptors (Lipinski definition) is 2. The zero-order chi connectivity index (χ0) is 12.9. The maximum absolute atomic E-state index is 10.2. The van der Waals surface area contributed by atoms with E-state index in [4.69, 9.17) is 10.2 Å². The molecule has 0 aromatic carbocycles. The lowest BCUT2D eigenvalue weighted by molar-refractivity contribution is -0.137. The third kappa shape index (κ3) is 14.9. The van der Waals surface area contributed by atoms with Crippen molar-refractivity contribution in [2.24, 2.45) is 0 Å². The van der Waals surface area contributed by atoms with Crippen molar-refractivity contribution in [2.75, 3.05) is 0 Å². The first-order valence-corrected chi connectivity index (χ1v) is 6.32. The summed E-state index contributed by atoms with van der Waals surface area (Å²) in [6.07, 6.45) is 13.7. The molecule has 0 aliphatic rings. The van der Waals surface area contributed by atoms with Crippen molar-refractivity contribution in [1.82, 2.24) is 0 Å². The van der Waals surface area contributed by atoms with Crippen molar-refractivity contribution in [2.45, 2.75) is 58.0 Å². The molecule has 1 atom stereocenters. The minimum Gasteiger partial charge on any atom is -0.481 e. The highest BCUT2D eigenvalue weighted by molar-refractivity contribution is 5.66. The highest BCUT2D eigenvalue weighted by Crippen LogP contribution is 2.02. The van der Waals surface area contributed by atoms with Crippen LogP contribution in [0.2, 0.25) is 0 Å². The summed E-state index contributed by atoms with van der Waals surface area (Å²) >= 11 is 0. The van der Waals surface area contributed by atoms with E-state index in [0.717, 1.165) is 32.1 Å². The van der Waals surface area contributed by atoms with Gasteiger partial charge >= 0.3 is 5.97 Å². The van der Waals surface area contributed by atoms with Gasteiger partial charge in [-0.05, 0) is 45.4 Å². The van der Waals surface area contributed by atoms with E-state index < -0.39 is 5.97 Å². The summed E-state index contributed by atoms with van der Waals surface area (Å²) < 4.78 is 0. The van der Waals surface area contributed by atoms with E-state index >= 15 is 0 Å². The standard InChI is InChI=1S/C14H24O3/c1-13(15)11-9-7-5-3-2-4-6-8-10-12-14(16)17/h3-6,13,15H,2,7-12H2,1H3,(H,16,17)/b5-3+,6-4+. The molecule has 0 saturated heterocycles. The van der Waals surface area contributed by atoms with Crippen molar-refractivity contribution < 1.29 is 15.0 Å². The number of carboxylic acid groups (broad SMARTS) is 1. The fourth-order valence-electron chi connectivity index (χ4n) is 1.41. The third-order valence-corrected chi connectivity index (χ3v) is 2.36. The molecule has 0 rings (SSSR count). The lowest BCUT2D eigenvalue weighted by Gasteiger charge is -1.99. The van der Waals surface area contributed by atoms with Gasteiger partial charge in [-0.1, -0.05) is 24.3 Å². The molecule has 0 radical (unpaired) electrons. The molecule has 2 N–H and O–H groups in total. The quantitative estimate of drug-likeness (QED) is 0.455.